The highest BCUT2D eigenvalue weighted by Gasteiger charge is 2.18. The van der Waals surface area contributed by atoms with Crippen molar-refractivity contribution in [1.29, 1.82) is 0 Å². The molecule has 0 unspecified atom stereocenters. The van der Waals surface area contributed by atoms with E-state index in [2.05, 4.69) is 66.6 Å². The molecule has 0 amide bonds. The van der Waals surface area contributed by atoms with E-state index in [0.29, 0.717) is 32.0 Å². The summed E-state index contributed by atoms with van der Waals surface area (Å²) in [6.45, 7) is 7.71. The minimum atomic E-state index is -0.463. The van der Waals surface area contributed by atoms with Crippen LogP contribution in [0.4, 0.5) is 16.2 Å². The fourth-order valence-corrected chi connectivity index (χ4v) is 4.33. The molecule has 9 nitrogen and oxygen atoms in total. The maximum atomic E-state index is 14.2. The van der Waals surface area contributed by atoms with Gasteiger partial charge in [-0.25, -0.2) is 14.8 Å². The van der Waals surface area contributed by atoms with Crippen LogP contribution in [0.5, 0.6) is 0 Å². The zero-order chi connectivity index (χ0) is 24.7. The van der Waals surface area contributed by atoms with Crippen LogP contribution in [0.2, 0.25) is 0 Å². The number of hydrogen-bond acceptors (Lipinski definition) is 9. The number of piperazine rings is 1. The van der Waals surface area contributed by atoms with E-state index in [9.17, 15) is 4.39 Å². The summed E-state index contributed by atoms with van der Waals surface area (Å²) < 4.78 is 19.5. The molecule has 10 heteroatoms. The number of anilines is 2. The highest BCUT2D eigenvalue weighted by atomic mass is 19.1. The Hall–Kier alpha value is -3.47. The largest absolute Gasteiger partial charge is 0.378 e. The first-order chi connectivity index (χ1) is 17.6. The molecule has 2 aliphatic rings. The second kappa shape index (κ2) is 11.5. The molecule has 0 saturated carbocycles. The average Bonchev–Trinajstić information content (AvgIpc) is 2.92. The Morgan fingerprint density at radius 3 is 2.56 bits per heavy atom. The standard InChI is InChI=1S/C26H31FN8O/c1-33-8-10-34(11-9-33)19-20-2-4-21(5-3-20)22-6-7-28-23(16-22)17-30-32-26-29-18-24(27)25(31-26)35-12-14-36-15-13-35/h2-7,16-18H,8-15,19H2,1H3,(H,29,31,32)/b30-17+. The molecule has 2 aliphatic heterocycles. The van der Waals surface area contributed by atoms with Gasteiger partial charge in [-0.3, -0.25) is 9.88 Å². The van der Waals surface area contributed by atoms with Gasteiger partial charge in [0.25, 0.3) is 0 Å². The lowest BCUT2D eigenvalue weighted by atomic mass is 10.0. The fraction of sp³-hybridized carbons (Fsp3) is 0.385. The summed E-state index contributed by atoms with van der Waals surface area (Å²) in [5, 5.41) is 4.21. The van der Waals surface area contributed by atoms with Crippen molar-refractivity contribution in [3.63, 3.8) is 0 Å². The van der Waals surface area contributed by atoms with Gasteiger partial charge in [0, 0.05) is 52.0 Å². The molecule has 0 spiro atoms. The molecule has 0 bridgehead atoms. The van der Waals surface area contributed by atoms with Crippen molar-refractivity contribution >= 4 is 18.0 Å². The highest BCUT2D eigenvalue weighted by molar-refractivity contribution is 5.80. The van der Waals surface area contributed by atoms with Crippen LogP contribution in [0, 0.1) is 5.82 Å². The zero-order valence-electron chi connectivity index (χ0n) is 20.5. The predicted octanol–water partition coefficient (Wildman–Crippen LogP) is 2.71. The van der Waals surface area contributed by atoms with Crippen LogP contribution in [0.1, 0.15) is 11.3 Å². The molecule has 1 aromatic carbocycles. The highest BCUT2D eigenvalue weighted by Crippen LogP contribution is 2.21. The normalized spacial score (nSPS) is 17.6. The van der Waals surface area contributed by atoms with Crippen molar-refractivity contribution in [2.24, 2.45) is 5.10 Å². The second-order valence-electron chi connectivity index (χ2n) is 9.08. The van der Waals surface area contributed by atoms with Crippen LogP contribution in [0.15, 0.2) is 53.9 Å². The molecule has 2 fully saturated rings. The van der Waals surface area contributed by atoms with Crippen LogP contribution in [-0.2, 0) is 11.3 Å². The maximum Gasteiger partial charge on any atom is 0.245 e. The Labute approximate surface area is 210 Å². The molecule has 5 rings (SSSR count). The third kappa shape index (κ3) is 6.20. The van der Waals surface area contributed by atoms with E-state index in [4.69, 9.17) is 4.74 Å². The maximum absolute atomic E-state index is 14.2. The van der Waals surface area contributed by atoms with Gasteiger partial charge in [0.1, 0.15) is 0 Å². The number of benzene rings is 1. The zero-order valence-corrected chi connectivity index (χ0v) is 20.5. The van der Waals surface area contributed by atoms with Crippen LogP contribution in [0.25, 0.3) is 11.1 Å². The molecule has 36 heavy (non-hydrogen) atoms. The van der Waals surface area contributed by atoms with Crippen molar-refractivity contribution < 1.29 is 9.13 Å². The van der Waals surface area contributed by atoms with Crippen LogP contribution in [0.3, 0.4) is 0 Å². The van der Waals surface area contributed by atoms with E-state index in [1.165, 1.54) is 5.56 Å². The molecule has 0 aliphatic carbocycles. The summed E-state index contributed by atoms with van der Waals surface area (Å²) in [6.07, 6.45) is 4.52. The monoisotopic (exact) mass is 490 g/mol. The number of hydrazone groups is 1. The summed E-state index contributed by atoms with van der Waals surface area (Å²) >= 11 is 0. The molecule has 3 aromatic rings. The minimum Gasteiger partial charge on any atom is -0.378 e. The molecule has 0 radical (unpaired) electrons. The molecule has 2 aromatic heterocycles. The number of nitrogens with one attached hydrogen (secondary N) is 1. The van der Waals surface area contributed by atoms with Gasteiger partial charge in [-0.2, -0.15) is 10.1 Å². The molecular weight excluding hydrogens is 459 g/mol. The summed E-state index contributed by atoms with van der Waals surface area (Å²) in [7, 11) is 2.18. The Morgan fingerprint density at radius 1 is 1.00 bits per heavy atom. The average molecular weight is 491 g/mol. The van der Waals surface area contributed by atoms with Gasteiger partial charge < -0.3 is 14.5 Å². The fourth-order valence-electron chi connectivity index (χ4n) is 4.33. The number of rotatable bonds is 7. The topological polar surface area (TPSA) is 82.0 Å². The predicted molar refractivity (Wildman–Crippen MR) is 139 cm³/mol. The van der Waals surface area contributed by atoms with Gasteiger partial charge in [-0.15, -0.1) is 0 Å². The number of nitrogens with zero attached hydrogens (tertiary/aromatic N) is 7. The minimum absolute atomic E-state index is 0.223. The number of morpholine rings is 1. The third-order valence-electron chi connectivity index (χ3n) is 6.47. The lowest BCUT2D eigenvalue weighted by Crippen LogP contribution is -2.43. The number of halogens is 1. The van der Waals surface area contributed by atoms with Crippen LogP contribution >= 0.6 is 0 Å². The Balaban J connectivity index is 1.21. The Kier molecular flexibility index (Phi) is 7.75. The lowest BCUT2D eigenvalue weighted by Gasteiger charge is -2.32. The number of aromatic nitrogens is 3. The van der Waals surface area contributed by atoms with E-state index < -0.39 is 5.82 Å². The summed E-state index contributed by atoms with van der Waals surface area (Å²) in [4.78, 5) is 19.4. The molecule has 4 heterocycles. The van der Waals surface area contributed by atoms with Gasteiger partial charge in [-0.05, 0) is 35.9 Å². The van der Waals surface area contributed by atoms with Gasteiger partial charge in [-0.1, -0.05) is 24.3 Å². The van der Waals surface area contributed by atoms with Gasteiger partial charge in [0.15, 0.2) is 11.6 Å². The van der Waals surface area contributed by atoms with E-state index in [-0.39, 0.29) is 11.8 Å². The number of ether oxygens (including phenoxy) is 1. The number of hydrogen-bond donors (Lipinski definition) is 1. The van der Waals surface area contributed by atoms with Crippen LogP contribution < -0.4 is 10.3 Å². The van der Waals surface area contributed by atoms with Crippen molar-refractivity contribution in [2.45, 2.75) is 6.54 Å². The lowest BCUT2D eigenvalue weighted by molar-refractivity contribution is 0.122. The first kappa shape index (κ1) is 24.2. The molecule has 188 valence electrons. The van der Waals surface area contributed by atoms with Crippen LogP contribution in [-0.4, -0.2) is 90.5 Å². The summed E-state index contributed by atoms with van der Waals surface area (Å²) in [6, 6.07) is 12.7. The molecular formula is C26H31FN8O. The van der Waals surface area contributed by atoms with E-state index >= 15 is 0 Å². The second-order valence-corrected chi connectivity index (χ2v) is 9.08. The van der Waals surface area contributed by atoms with E-state index in [0.717, 1.165) is 50.0 Å². The molecule has 0 atom stereocenters. The van der Waals surface area contributed by atoms with E-state index in [1.54, 1.807) is 12.4 Å². The van der Waals surface area contributed by atoms with Gasteiger partial charge in [0.2, 0.25) is 5.95 Å². The van der Waals surface area contributed by atoms with E-state index in [1.807, 2.05) is 17.0 Å². The van der Waals surface area contributed by atoms with Crippen molar-refractivity contribution in [3.05, 3.63) is 65.9 Å². The first-order valence-corrected chi connectivity index (χ1v) is 12.2. The first-order valence-electron chi connectivity index (χ1n) is 12.2. The Morgan fingerprint density at radius 2 is 1.78 bits per heavy atom. The quantitative estimate of drug-likeness (QED) is 0.400. The SMILES string of the molecule is CN1CCN(Cc2ccc(-c3ccnc(/C=N/Nc4ncc(F)c(N5CCOCC5)n4)c3)cc2)CC1. The Bertz CT molecular complexity index is 1170. The number of pyridine rings is 1. The van der Waals surface area contributed by atoms with Crippen molar-refractivity contribution in [1.82, 2.24) is 24.8 Å². The third-order valence-corrected chi connectivity index (χ3v) is 6.47. The smallest absolute Gasteiger partial charge is 0.245 e. The van der Waals surface area contributed by atoms with Gasteiger partial charge in [0.05, 0.1) is 31.3 Å². The summed E-state index contributed by atoms with van der Waals surface area (Å²) in [5.41, 5.74) is 6.98. The van der Waals surface area contributed by atoms with Crippen molar-refractivity contribution in [3.8, 4) is 11.1 Å². The summed E-state index contributed by atoms with van der Waals surface area (Å²) in [5.74, 6) is 0.0128. The molecule has 1 N–H and O–H groups in total. The van der Waals surface area contributed by atoms with Gasteiger partial charge >= 0.3 is 0 Å². The number of likely N-dealkylation sites (N-methyl/N-ethyl adjacent to an activating group) is 1. The van der Waals surface area contributed by atoms with Crippen molar-refractivity contribution in [2.75, 3.05) is 69.9 Å². The molecule has 2 saturated heterocycles.